The number of rotatable bonds is 6. The minimum atomic E-state index is -0.462. The summed E-state index contributed by atoms with van der Waals surface area (Å²) < 4.78 is 2.58. The Morgan fingerprint density at radius 1 is 1.13 bits per heavy atom. The van der Waals surface area contributed by atoms with Gasteiger partial charge in [0.15, 0.2) is 5.65 Å². The van der Waals surface area contributed by atoms with Crippen LogP contribution in [0.25, 0.3) is 11.0 Å². The monoisotopic (exact) mass is 427 g/mol. The minimum absolute atomic E-state index is 0.0753. The van der Waals surface area contributed by atoms with Crippen molar-refractivity contribution in [2.24, 2.45) is 13.0 Å². The Labute approximate surface area is 178 Å². The first kappa shape index (κ1) is 21.8. The van der Waals surface area contributed by atoms with Gasteiger partial charge >= 0.3 is 5.69 Å². The zero-order chi connectivity index (χ0) is 22.0. The van der Waals surface area contributed by atoms with E-state index in [1.165, 1.54) is 11.6 Å². The van der Waals surface area contributed by atoms with E-state index >= 15 is 0 Å². The largest absolute Gasteiger partial charge is 0.332 e. The van der Waals surface area contributed by atoms with E-state index in [-0.39, 0.29) is 23.0 Å². The zero-order valence-electron chi connectivity index (χ0n) is 17.7. The second kappa shape index (κ2) is 8.83. The van der Waals surface area contributed by atoms with Gasteiger partial charge in [-0.25, -0.2) is 14.8 Å². The van der Waals surface area contributed by atoms with E-state index in [2.05, 4.69) is 15.3 Å². The number of aromatic nitrogens is 4. The molecule has 0 spiro atoms. The Balaban J connectivity index is 1.96. The zero-order valence-corrected chi connectivity index (χ0v) is 18.5. The van der Waals surface area contributed by atoms with Crippen LogP contribution >= 0.6 is 11.8 Å². The lowest BCUT2D eigenvalue weighted by Gasteiger charge is -2.15. The molecular weight excluding hydrogens is 402 g/mol. The standard InChI is InChI=1S/C21H25N5O3S/c1-12(2)10-26-18-17(20(28)25(5)21(26)29)19(23-14(4)22-18)30-11-16(27)24-15-8-6-13(3)7-9-15/h6-9,12H,10-11H2,1-5H3,(H,24,27). The average Bonchev–Trinajstić information content (AvgIpc) is 2.69. The molecule has 3 aromatic rings. The van der Waals surface area contributed by atoms with Crippen LogP contribution in [0.15, 0.2) is 38.9 Å². The highest BCUT2D eigenvalue weighted by atomic mass is 32.2. The molecule has 1 aromatic carbocycles. The minimum Gasteiger partial charge on any atom is -0.325 e. The van der Waals surface area contributed by atoms with Crippen LogP contribution < -0.4 is 16.6 Å². The van der Waals surface area contributed by atoms with Gasteiger partial charge in [-0.05, 0) is 31.9 Å². The van der Waals surface area contributed by atoms with Crippen molar-refractivity contribution in [2.45, 2.75) is 39.3 Å². The summed E-state index contributed by atoms with van der Waals surface area (Å²) in [5.74, 6) is 0.496. The molecule has 158 valence electrons. The summed E-state index contributed by atoms with van der Waals surface area (Å²) in [6.07, 6.45) is 0. The predicted molar refractivity (Wildman–Crippen MR) is 119 cm³/mol. The summed E-state index contributed by atoms with van der Waals surface area (Å²) in [6, 6.07) is 7.51. The molecular formula is C21H25N5O3S. The third-order valence-corrected chi connectivity index (χ3v) is 5.46. The van der Waals surface area contributed by atoms with Gasteiger partial charge in [-0.1, -0.05) is 43.3 Å². The highest BCUT2D eigenvalue weighted by Gasteiger charge is 2.19. The highest BCUT2D eigenvalue weighted by molar-refractivity contribution is 8.00. The van der Waals surface area contributed by atoms with Crippen molar-refractivity contribution in [1.29, 1.82) is 0 Å². The number of benzene rings is 1. The van der Waals surface area contributed by atoms with Crippen molar-refractivity contribution in [3.8, 4) is 0 Å². The second-order valence-electron chi connectivity index (χ2n) is 7.63. The first-order valence-electron chi connectivity index (χ1n) is 9.65. The summed E-state index contributed by atoms with van der Waals surface area (Å²) in [7, 11) is 1.44. The summed E-state index contributed by atoms with van der Waals surface area (Å²) >= 11 is 1.16. The van der Waals surface area contributed by atoms with Gasteiger partial charge in [0.1, 0.15) is 16.2 Å². The van der Waals surface area contributed by atoms with Crippen LogP contribution in [-0.4, -0.2) is 30.8 Å². The topological polar surface area (TPSA) is 98.9 Å². The molecule has 0 saturated heterocycles. The van der Waals surface area contributed by atoms with Crippen LogP contribution in [0.4, 0.5) is 5.69 Å². The number of fused-ring (bicyclic) bond motifs is 1. The van der Waals surface area contributed by atoms with Crippen molar-refractivity contribution in [3.05, 3.63) is 56.5 Å². The Hall–Kier alpha value is -2.94. The maximum atomic E-state index is 12.8. The summed E-state index contributed by atoms with van der Waals surface area (Å²) in [6.45, 7) is 8.09. The summed E-state index contributed by atoms with van der Waals surface area (Å²) in [4.78, 5) is 46.7. The molecule has 0 saturated carbocycles. The molecule has 30 heavy (non-hydrogen) atoms. The molecule has 0 aliphatic rings. The Morgan fingerprint density at radius 2 is 1.80 bits per heavy atom. The van der Waals surface area contributed by atoms with E-state index in [9.17, 15) is 14.4 Å². The number of amides is 1. The van der Waals surface area contributed by atoms with Crippen molar-refractivity contribution < 1.29 is 4.79 Å². The third-order valence-electron chi connectivity index (χ3n) is 4.48. The van der Waals surface area contributed by atoms with Crippen LogP contribution in [0.2, 0.25) is 0 Å². The van der Waals surface area contributed by atoms with Gasteiger partial charge in [0.05, 0.1) is 5.75 Å². The summed E-state index contributed by atoms with van der Waals surface area (Å²) in [5.41, 5.74) is 1.25. The fourth-order valence-electron chi connectivity index (χ4n) is 3.04. The predicted octanol–water partition coefficient (Wildman–Crippen LogP) is 2.49. The van der Waals surface area contributed by atoms with Crippen LogP contribution in [-0.2, 0) is 18.4 Å². The van der Waals surface area contributed by atoms with Gasteiger partial charge in [0.25, 0.3) is 5.56 Å². The maximum Gasteiger partial charge on any atom is 0.332 e. The lowest BCUT2D eigenvalue weighted by molar-refractivity contribution is -0.113. The number of carbonyl (C=O) groups excluding carboxylic acids is 1. The van der Waals surface area contributed by atoms with E-state index in [0.717, 1.165) is 21.9 Å². The lowest BCUT2D eigenvalue weighted by atomic mass is 10.2. The van der Waals surface area contributed by atoms with Gasteiger partial charge in [0, 0.05) is 19.3 Å². The number of anilines is 1. The molecule has 0 unspecified atom stereocenters. The normalized spacial score (nSPS) is 11.3. The van der Waals surface area contributed by atoms with Crippen LogP contribution in [0.3, 0.4) is 0 Å². The van der Waals surface area contributed by atoms with Gasteiger partial charge in [-0.15, -0.1) is 0 Å². The number of hydrogen-bond donors (Lipinski definition) is 1. The highest BCUT2D eigenvalue weighted by Crippen LogP contribution is 2.23. The number of thioether (sulfide) groups is 1. The smallest absolute Gasteiger partial charge is 0.325 e. The van der Waals surface area contributed by atoms with Gasteiger partial charge in [0.2, 0.25) is 5.91 Å². The molecule has 0 aliphatic heterocycles. The first-order valence-corrected chi connectivity index (χ1v) is 10.6. The van der Waals surface area contributed by atoms with Crippen molar-refractivity contribution >= 4 is 34.4 Å². The Kier molecular flexibility index (Phi) is 6.40. The molecule has 0 bridgehead atoms. The average molecular weight is 428 g/mol. The number of hydrogen-bond acceptors (Lipinski definition) is 6. The molecule has 0 radical (unpaired) electrons. The van der Waals surface area contributed by atoms with Gasteiger partial charge < -0.3 is 5.32 Å². The van der Waals surface area contributed by atoms with Crippen molar-refractivity contribution in [2.75, 3.05) is 11.1 Å². The lowest BCUT2D eigenvalue weighted by Crippen LogP contribution is -2.39. The molecule has 2 heterocycles. The van der Waals surface area contributed by atoms with Crippen LogP contribution in [0, 0.1) is 19.8 Å². The van der Waals surface area contributed by atoms with E-state index in [0.29, 0.717) is 28.7 Å². The molecule has 9 heteroatoms. The van der Waals surface area contributed by atoms with Crippen LogP contribution in [0.5, 0.6) is 0 Å². The third kappa shape index (κ3) is 4.62. The number of nitrogens with one attached hydrogen (secondary N) is 1. The fraction of sp³-hybridized carbons (Fsp3) is 0.381. The molecule has 8 nitrogen and oxygen atoms in total. The van der Waals surface area contributed by atoms with Gasteiger partial charge in [-0.3, -0.25) is 18.7 Å². The van der Waals surface area contributed by atoms with E-state index in [4.69, 9.17) is 0 Å². The van der Waals surface area contributed by atoms with E-state index in [1.54, 1.807) is 6.92 Å². The van der Waals surface area contributed by atoms with Crippen molar-refractivity contribution in [3.63, 3.8) is 0 Å². The summed E-state index contributed by atoms with van der Waals surface area (Å²) in [5, 5.41) is 3.49. The number of aryl methyl sites for hydroxylation is 2. The second-order valence-corrected chi connectivity index (χ2v) is 8.59. The first-order chi connectivity index (χ1) is 14.2. The van der Waals surface area contributed by atoms with E-state index < -0.39 is 11.2 Å². The number of nitrogens with zero attached hydrogens (tertiary/aromatic N) is 4. The molecule has 1 N–H and O–H groups in total. The van der Waals surface area contributed by atoms with Gasteiger partial charge in [-0.2, -0.15) is 0 Å². The fourth-order valence-corrected chi connectivity index (χ4v) is 3.90. The molecule has 1 amide bonds. The quantitative estimate of drug-likeness (QED) is 0.479. The SMILES string of the molecule is Cc1ccc(NC(=O)CSc2nc(C)nc3c2c(=O)n(C)c(=O)n3CC(C)C)cc1. The van der Waals surface area contributed by atoms with E-state index in [1.807, 2.05) is 45.0 Å². The number of carbonyl (C=O) groups is 1. The molecule has 3 rings (SSSR count). The van der Waals surface area contributed by atoms with Crippen molar-refractivity contribution in [1.82, 2.24) is 19.1 Å². The Bertz CT molecular complexity index is 1210. The Morgan fingerprint density at radius 3 is 2.43 bits per heavy atom. The molecule has 0 atom stereocenters. The molecule has 0 aliphatic carbocycles. The maximum absolute atomic E-state index is 12.8. The van der Waals surface area contributed by atoms with Crippen LogP contribution in [0.1, 0.15) is 25.2 Å². The molecule has 2 aromatic heterocycles. The molecule has 0 fully saturated rings.